The summed E-state index contributed by atoms with van der Waals surface area (Å²) in [6.07, 6.45) is -1.94. The second-order valence-electron chi connectivity index (χ2n) is 9.70. The number of hydrogen-bond acceptors (Lipinski definition) is 5. The van der Waals surface area contributed by atoms with Gasteiger partial charge in [-0.15, -0.1) is 25.6 Å². The van der Waals surface area contributed by atoms with Crippen LogP contribution < -0.4 is 10.1 Å². The quantitative estimate of drug-likeness (QED) is 0.353. The van der Waals surface area contributed by atoms with Crippen LogP contribution in [0.15, 0.2) is 47.4 Å². The molecule has 0 spiro atoms. The lowest BCUT2D eigenvalue weighted by Gasteiger charge is -2.40. The number of benzene rings is 2. The lowest BCUT2D eigenvalue weighted by molar-refractivity contribution is -0.274. The van der Waals surface area contributed by atoms with Gasteiger partial charge in [0.25, 0.3) is 10.1 Å². The molecule has 1 fully saturated rings. The van der Waals surface area contributed by atoms with Crippen molar-refractivity contribution in [3.63, 3.8) is 0 Å². The summed E-state index contributed by atoms with van der Waals surface area (Å²) in [7, 11) is -4.40. The van der Waals surface area contributed by atoms with Crippen LogP contribution in [0.2, 0.25) is 0 Å². The van der Waals surface area contributed by atoms with Gasteiger partial charge in [-0.25, -0.2) is 4.98 Å². The van der Waals surface area contributed by atoms with E-state index in [1.807, 2.05) is 4.57 Å². The monoisotopic (exact) mass is 533 g/mol. The van der Waals surface area contributed by atoms with E-state index in [-0.39, 0.29) is 34.5 Å². The highest BCUT2D eigenvalue weighted by Crippen LogP contribution is 2.46. The summed E-state index contributed by atoms with van der Waals surface area (Å²) in [5.74, 6) is 0.545. The summed E-state index contributed by atoms with van der Waals surface area (Å²) in [5, 5.41) is 3.15. The maximum atomic E-state index is 12.5. The Bertz CT molecular complexity index is 1310. The fourth-order valence-electron chi connectivity index (χ4n) is 5.06. The second kappa shape index (κ2) is 9.51. The molecule has 4 rings (SSSR count). The standard InChI is InChI=1S/C23H26F3N3O4S.ClH/c1-14-10-16(13-22(2,3)12-14)29-20-9-8-18(34(30,31)32)11-19(20)28-21(29)27-15-4-6-17(7-5-15)33-23(24,25)26;/h4-9,11,14,16H,10,12-13H2,1-3H3,(H,27,28)(H,30,31,32);1H/t14-,16+;/m1./s1. The highest BCUT2D eigenvalue weighted by molar-refractivity contribution is 7.85. The molecule has 7 nitrogen and oxygen atoms in total. The van der Waals surface area contributed by atoms with Gasteiger partial charge in [-0.1, -0.05) is 20.8 Å². The van der Waals surface area contributed by atoms with Gasteiger partial charge in [0, 0.05) is 11.7 Å². The first-order valence-corrected chi connectivity index (χ1v) is 12.3. The number of hydrogen-bond donors (Lipinski definition) is 2. The lowest BCUT2D eigenvalue weighted by Crippen LogP contribution is -2.29. The van der Waals surface area contributed by atoms with Gasteiger partial charge in [-0.05, 0) is 73.1 Å². The second-order valence-corrected chi connectivity index (χ2v) is 11.1. The molecular formula is C23H27ClF3N3O4S. The first kappa shape index (κ1) is 27.1. The molecule has 2 N–H and O–H groups in total. The van der Waals surface area contributed by atoms with Crippen LogP contribution in [0, 0.1) is 11.3 Å². The molecule has 1 heterocycles. The zero-order chi connectivity index (χ0) is 24.9. The van der Waals surface area contributed by atoms with Gasteiger partial charge in [-0.3, -0.25) is 4.55 Å². The number of fused-ring (bicyclic) bond motifs is 1. The van der Waals surface area contributed by atoms with Gasteiger partial charge in [0.15, 0.2) is 0 Å². The number of rotatable bonds is 5. The molecule has 0 amide bonds. The summed E-state index contributed by atoms with van der Waals surface area (Å²) in [6.45, 7) is 6.60. The van der Waals surface area contributed by atoms with Crippen LogP contribution in [0.5, 0.6) is 5.75 Å². The van der Waals surface area contributed by atoms with Gasteiger partial charge >= 0.3 is 6.36 Å². The number of nitrogens with one attached hydrogen (secondary N) is 1. The molecule has 3 aromatic rings. The topological polar surface area (TPSA) is 93.5 Å². The van der Waals surface area contributed by atoms with Crippen molar-refractivity contribution >= 4 is 45.2 Å². The molecule has 1 aromatic heterocycles. The highest BCUT2D eigenvalue weighted by Gasteiger charge is 2.35. The Morgan fingerprint density at radius 3 is 2.37 bits per heavy atom. The highest BCUT2D eigenvalue weighted by atomic mass is 35.5. The summed E-state index contributed by atoms with van der Waals surface area (Å²) in [4.78, 5) is 4.32. The Morgan fingerprint density at radius 1 is 1.14 bits per heavy atom. The minimum atomic E-state index is -4.78. The van der Waals surface area contributed by atoms with Gasteiger partial charge in [0.2, 0.25) is 5.95 Å². The summed E-state index contributed by atoms with van der Waals surface area (Å²) >= 11 is 0. The van der Waals surface area contributed by atoms with Crippen molar-refractivity contribution < 1.29 is 30.9 Å². The number of nitrogens with zero attached hydrogens (tertiary/aromatic N) is 2. The van der Waals surface area contributed by atoms with E-state index >= 15 is 0 Å². The third kappa shape index (κ3) is 6.39. The van der Waals surface area contributed by atoms with Gasteiger partial charge in [0.1, 0.15) is 5.75 Å². The number of aromatic nitrogens is 2. The van der Waals surface area contributed by atoms with E-state index in [9.17, 15) is 26.1 Å². The lowest BCUT2D eigenvalue weighted by atomic mass is 9.70. The van der Waals surface area contributed by atoms with Gasteiger partial charge in [0.05, 0.1) is 15.9 Å². The number of ether oxygens (including phenoxy) is 1. The minimum Gasteiger partial charge on any atom is -0.406 e. The predicted molar refractivity (Wildman–Crippen MR) is 129 cm³/mol. The van der Waals surface area contributed by atoms with Crippen molar-refractivity contribution in [1.29, 1.82) is 0 Å². The summed E-state index contributed by atoms with van der Waals surface area (Å²) < 4.78 is 76.0. The predicted octanol–water partition coefficient (Wildman–Crippen LogP) is 6.73. The SMILES string of the molecule is C[C@@H]1C[C@H](n2c(Nc3ccc(OC(F)(F)F)cc3)nc3cc(S(=O)(=O)O)ccc32)CC(C)(C)C1.Cl. The van der Waals surface area contributed by atoms with Gasteiger partial charge in [-0.2, -0.15) is 8.42 Å². The molecule has 0 bridgehead atoms. The molecule has 1 aliphatic rings. The first-order valence-electron chi connectivity index (χ1n) is 10.8. The van der Waals surface area contributed by atoms with Crippen LogP contribution in [-0.4, -0.2) is 28.9 Å². The third-order valence-corrected chi connectivity index (χ3v) is 6.88. The van der Waals surface area contributed by atoms with E-state index in [1.165, 1.54) is 36.4 Å². The Hall–Kier alpha value is -2.50. The Labute approximate surface area is 207 Å². The average Bonchev–Trinajstić information content (AvgIpc) is 3.03. The molecule has 2 aromatic carbocycles. The summed E-state index contributed by atoms with van der Waals surface area (Å²) in [6, 6.07) is 9.61. The Morgan fingerprint density at radius 2 is 1.80 bits per heavy atom. The molecule has 0 unspecified atom stereocenters. The number of imidazole rings is 1. The average molecular weight is 534 g/mol. The Kier molecular flexibility index (Phi) is 7.36. The van der Waals surface area contributed by atoms with Crippen LogP contribution in [-0.2, 0) is 10.1 Å². The van der Waals surface area contributed by atoms with Crippen molar-refractivity contribution in [2.24, 2.45) is 11.3 Å². The molecule has 192 valence electrons. The normalized spacial score (nSPS) is 20.3. The molecular weight excluding hydrogens is 507 g/mol. The van der Waals surface area contributed by atoms with Crippen LogP contribution in [0.3, 0.4) is 0 Å². The van der Waals surface area contributed by atoms with E-state index in [0.29, 0.717) is 28.6 Å². The molecule has 0 aliphatic heterocycles. The molecule has 2 atom stereocenters. The van der Waals surface area contributed by atoms with Crippen molar-refractivity contribution in [3.05, 3.63) is 42.5 Å². The smallest absolute Gasteiger partial charge is 0.406 e. The zero-order valence-corrected chi connectivity index (χ0v) is 21.0. The maximum Gasteiger partial charge on any atom is 0.573 e. The largest absolute Gasteiger partial charge is 0.573 e. The Balaban J connectivity index is 0.00000342. The fraction of sp³-hybridized carbons (Fsp3) is 0.435. The first-order chi connectivity index (χ1) is 15.7. The number of anilines is 2. The molecule has 0 radical (unpaired) electrons. The molecule has 12 heteroatoms. The number of halogens is 4. The molecule has 1 aliphatic carbocycles. The number of alkyl halides is 3. The van der Waals surface area contributed by atoms with E-state index in [0.717, 1.165) is 19.3 Å². The zero-order valence-electron chi connectivity index (χ0n) is 19.3. The van der Waals surface area contributed by atoms with Crippen LogP contribution >= 0.6 is 12.4 Å². The van der Waals surface area contributed by atoms with E-state index < -0.39 is 16.5 Å². The summed E-state index contributed by atoms with van der Waals surface area (Å²) in [5.41, 5.74) is 1.65. The van der Waals surface area contributed by atoms with Crippen molar-refractivity contribution in [2.45, 2.75) is 57.3 Å². The van der Waals surface area contributed by atoms with E-state index in [4.69, 9.17) is 0 Å². The molecule has 0 saturated heterocycles. The maximum absolute atomic E-state index is 12.5. The molecule has 35 heavy (non-hydrogen) atoms. The molecule has 1 saturated carbocycles. The van der Waals surface area contributed by atoms with Crippen LogP contribution in [0.4, 0.5) is 24.8 Å². The third-order valence-electron chi connectivity index (χ3n) is 6.03. The van der Waals surface area contributed by atoms with E-state index in [2.05, 4.69) is 35.8 Å². The minimum absolute atomic E-state index is 0. The van der Waals surface area contributed by atoms with Crippen LogP contribution in [0.1, 0.15) is 46.1 Å². The van der Waals surface area contributed by atoms with Crippen LogP contribution in [0.25, 0.3) is 11.0 Å². The van der Waals surface area contributed by atoms with Crippen molar-refractivity contribution in [2.75, 3.05) is 5.32 Å². The van der Waals surface area contributed by atoms with Crippen molar-refractivity contribution in [1.82, 2.24) is 9.55 Å². The van der Waals surface area contributed by atoms with Gasteiger partial charge < -0.3 is 14.6 Å². The van der Waals surface area contributed by atoms with E-state index in [1.54, 1.807) is 6.07 Å². The van der Waals surface area contributed by atoms with Crippen molar-refractivity contribution in [3.8, 4) is 5.75 Å². The fourth-order valence-corrected chi connectivity index (χ4v) is 5.56.